The molecule has 1 saturated heterocycles. The molecule has 1 aliphatic heterocycles. The van der Waals surface area contributed by atoms with Crippen LogP contribution in [0.15, 0.2) is 30.6 Å². The van der Waals surface area contributed by atoms with Gasteiger partial charge in [-0.05, 0) is 31.4 Å². The van der Waals surface area contributed by atoms with Gasteiger partial charge in [0.25, 0.3) is 5.91 Å². The zero-order chi connectivity index (χ0) is 16.2. The number of aromatic nitrogens is 2. The molecule has 1 unspecified atom stereocenters. The summed E-state index contributed by atoms with van der Waals surface area (Å²) in [5.41, 5.74) is 0.322. The van der Waals surface area contributed by atoms with E-state index >= 15 is 0 Å². The van der Waals surface area contributed by atoms with Gasteiger partial charge < -0.3 is 10.1 Å². The van der Waals surface area contributed by atoms with E-state index in [2.05, 4.69) is 10.4 Å². The fraction of sp³-hybridized carbons (Fsp3) is 0.375. The van der Waals surface area contributed by atoms with Gasteiger partial charge in [0.15, 0.2) is 0 Å². The first-order chi connectivity index (χ1) is 11.1. The Hall–Kier alpha value is -1.92. The van der Waals surface area contributed by atoms with E-state index in [0.29, 0.717) is 12.2 Å². The zero-order valence-corrected chi connectivity index (χ0v) is 13.2. The number of halogens is 2. The highest BCUT2D eigenvalue weighted by Gasteiger charge is 2.18. The Morgan fingerprint density at radius 2 is 2.35 bits per heavy atom. The van der Waals surface area contributed by atoms with Gasteiger partial charge in [-0.2, -0.15) is 5.10 Å². The van der Waals surface area contributed by atoms with Crippen LogP contribution in [-0.2, 0) is 11.3 Å². The van der Waals surface area contributed by atoms with E-state index in [-0.39, 0.29) is 16.7 Å². The second-order valence-corrected chi connectivity index (χ2v) is 5.90. The third-order valence-corrected chi connectivity index (χ3v) is 4.06. The molecule has 1 fully saturated rings. The SMILES string of the molecule is O=C(Nc1cnn(CC2CCCCO2)c1)c1c(F)cccc1Cl. The molecule has 1 amide bonds. The van der Waals surface area contributed by atoms with Crippen LogP contribution in [0.1, 0.15) is 29.6 Å². The molecule has 1 atom stereocenters. The molecule has 23 heavy (non-hydrogen) atoms. The van der Waals surface area contributed by atoms with Gasteiger partial charge in [-0.15, -0.1) is 0 Å². The number of rotatable bonds is 4. The molecule has 0 aliphatic carbocycles. The standard InChI is InChI=1S/C16H17ClFN3O2/c17-13-5-3-6-14(18)15(13)16(22)20-11-8-19-21(9-11)10-12-4-1-2-7-23-12/h3,5-6,8-9,12H,1-2,4,7,10H2,(H,20,22). The predicted molar refractivity (Wildman–Crippen MR) is 85.2 cm³/mol. The topological polar surface area (TPSA) is 56.2 Å². The number of hydrogen-bond donors (Lipinski definition) is 1. The van der Waals surface area contributed by atoms with Crippen LogP contribution < -0.4 is 5.32 Å². The third kappa shape index (κ3) is 3.89. The van der Waals surface area contributed by atoms with Crippen molar-refractivity contribution in [1.29, 1.82) is 0 Å². The first-order valence-electron chi connectivity index (χ1n) is 7.53. The van der Waals surface area contributed by atoms with Gasteiger partial charge in [0.05, 0.1) is 35.1 Å². The van der Waals surface area contributed by atoms with Gasteiger partial charge in [0, 0.05) is 12.8 Å². The van der Waals surface area contributed by atoms with Gasteiger partial charge in [-0.25, -0.2) is 4.39 Å². The molecule has 0 radical (unpaired) electrons. The molecule has 2 heterocycles. The summed E-state index contributed by atoms with van der Waals surface area (Å²) >= 11 is 5.89. The Morgan fingerprint density at radius 3 is 3.09 bits per heavy atom. The number of carbonyl (C=O) groups is 1. The first-order valence-corrected chi connectivity index (χ1v) is 7.90. The lowest BCUT2D eigenvalue weighted by molar-refractivity contribution is 0.00401. The van der Waals surface area contributed by atoms with Crippen molar-refractivity contribution < 1.29 is 13.9 Å². The molecule has 1 aromatic carbocycles. The van der Waals surface area contributed by atoms with Gasteiger partial charge in [-0.3, -0.25) is 9.48 Å². The van der Waals surface area contributed by atoms with E-state index in [1.165, 1.54) is 24.4 Å². The largest absolute Gasteiger partial charge is 0.376 e. The van der Waals surface area contributed by atoms with E-state index in [1.807, 2.05) is 0 Å². The minimum Gasteiger partial charge on any atom is -0.376 e. The summed E-state index contributed by atoms with van der Waals surface area (Å²) in [5, 5.41) is 6.88. The molecule has 5 nitrogen and oxygen atoms in total. The highest BCUT2D eigenvalue weighted by atomic mass is 35.5. The predicted octanol–water partition coefficient (Wildman–Crippen LogP) is 3.50. The molecule has 1 N–H and O–H groups in total. The normalized spacial score (nSPS) is 17.9. The number of nitrogens with one attached hydrogen (secondary N) is 1. The molecular formula is C16H17ClFN3O2. The number of amides is 1. The summed E-state index contributed by atoms with van der Waals surface area (Å²) in [7, 11) is 0. The molecular weight excluding hydrogens is 321 g/mol. The summed E-state index contributed by atoms with van der Waals surface area (Å²) in [6.07, 6.45) is 6.63. The van der Waals surface area contributed by atoms with Crippen LogP contribution in [0.3, 0.4) is 0 Å². The molecule has 3 rings (SSSR count). The smallest absolute Gasteiger partial charge is 0.260 e. The van der Waals surface area contributed by atoms with Crippen LogP contribution >= 0.6 is 11.6 Å². The number of nitrogens with zero attached hydrogens (tertiary/aromatic N) is 2. The van der Waals surface area contributed by atoms with E-state index < -0.39 is 11.7 Å². The maximum Gasteiger partial charge on any atom is 0.260 e. The lowest BCUT2D eigenvalue weighted by Crippen LogP contribution is -2.24. The Kier molecular flexibility index (Phi) is 4.93. The quantitative estimate of drug-likeness (QED) is 0.929. The Labute approximate surface area is 138 Å². The molecule has 0 saturated carbocycles. The highest BCUT2D eigenvalue weighted by molar-refractivity contribution is 6.34. The lowest BCUT2D eigenvalue weighted by Gasteiger charge is -2.22. The van der Waals surface area contributed by atoms with Gasteiger partial charge in [0.2, 0.25) is 0 Å². The third-order valence-electron chi connectivity index (χ3n) is 3.75. The number of benzene rings is 1. The second-order valence-electron chi connectivity index (χ2n) is 5.49. The van der Waals surface area contributed by atoms with Crippen LogP contribution in [0.4, 0.5) is 10.1 Å². The summed E-state index contributed by atoms with van der Waals surface area (Å²) in [6, 6.07) is 4.13. The molecule has 7 heteroatoms. The van der Waals surface area contributed by atoms with E-state index in [4.69, 9.17) is 16.3 Å². The summed E-state index contributed by atoms with van der Waals surface area (Å²) in [4.78, 5) is 12.2. The molecule has 2 aromatic rings. The van der Waals surface area contributed by atoms with Gasteiger partial charge >= 0.3 is 0 Å². The fourth-order valence-electron chi connectivity index (χ4n) is 2.60. The fourth-order valence-corrected chi connectivity index (χ4v) is 2.85. The molecule has 1 aromatic heterocycles. The highest BCUT2D eigenvalue weighted by Crippen LogP contribution is 2.21. The van der Waals surface area contributed by atoms with Crippen molar-refractivity contribution in [3.63, 3.8) is 0 Å². The van der Waals surface area contributed by atoms with Crippen LogP contribution in [0, 0.1) is 5.82 Å². The van der Waals surface area contributed by atoms with E-state index in [0.717, 1.165) is 25.9 Å². The van der Waals surface area contributed by atoms with Crippen LogP contribution in [0.5, 0.6) is 0 Å². The first kappa shape index (κ1) is 16.0. The van der Waals surface area contributed by atoms with Crippen molar-refractivity contribution in [3.8, 4) is 0 Å². The minimum atomic E-state index is -0.655. The average molecular weight is 338 g/mol. The van der Waals surface area contributed by atoms with Crippen LogP contribution in [-0.4, -0.2) is 28.4 Å². The summed E-state index contributed by atoms with van der Waals surface area (Å²) < 4.78 is 21.1. The summed E-state index contributed by atoms with van der Waals surface area (Å²) in [5.74, 6) is -1.25. The lowest BCUT2D eigenvalue weighted by atomic mass is 10.1. The molecule has 1 aliphatic rings. The Balaban J connectivity index is 1.65. The van der Waals surface area contributed by atoms with Crippen LogP contribution in [0.25, 0.3) is 0 Å². The monoisotopic (exact) mass is 337 g/mol. The van der Waals surface area contributed by atoms with Gasteiger partial charge in [-0.1, -0.05) is 17.7 Å². The van der Waals surface area contributed by atoms with Crippen molar-refractivity contribution in [2.45, 2.75) is 31.9 Å². The van der Waals surface area contributed by atoms with Crippen LogP contribution in [0.2, 0.25) is 5.02 Å². The average Bonchev–Trinajstić information content (AvgIpc) is 2.95. The van der Waals surface area contributed by atoms with E-state index in [1.54, 1.807) is 10.9 Å². The van der Waals surface area contributed by atoms with Crippen molar-refractivity contribution >= 4 is 23.2 Å². The molecule has 0 spiro atoms. The van der Waals surface area contributed by atoms with Crippen molar-refractivity contribution in [1.82, 2.24) is 9.78 Å². The number of hydrogen-bond acceptors (Lipinski definition) is 3. The van der Waals surface area contributed by atoms with Crippen molar-refractivity contribution in [3.05, 3.63) is 47.0 Å². The van der Waals surface area contributed by atoms with Crippen molar-refractivity contribution in [2.24, 2.45) is 0 Å². The Morgan fingerprint density at radius 1 is 1.48 bits per heavy atom. The molecule has 0 bridgehead atoms. The minimum absolute atomic E-state index is 0.0745. The van der Waals surface area contributed by atoms with Crippen molar-refractivity contribution in [2.75, 3.05) is 11.9 Å². The molecule has 122 valence electrons. The van der Waals surface area contributed by atoms with Gasteiger partial charge in [0.1, 0.15) is 5.82 Å². The maximum atomic E-state index is 13.7. The second kappa shape index (κ2) is 7.10. The number of anilines is 1. The number of ether oxygens (including phenoxy) is 1. The Bertz CT molecular complexity index is 678. The maximum absolute atomic E-state index is 13.7. The van der Waals surface area contributed by atoms with E-state index in [9.17, 15) is 9.18 Å². The zero-order valence-electron chi connectivity index (χ0n) is 12.5. The number of carbonyl (C=O) groups excluding carboxylic acids is 1. The summed E-state index contributed by atoms with van der Waals surface area (Å²) in [6.45, 7) is 1.41.